The van der Waals surface area contributed by atoms with E-state index in [4.69, 9.17) is 24.6 Å². The van der Waals surface area contributed by atoms with E-state index in [9.17, 15) is 8.78 Å². The molecule has 6 rings (SSSR count). The Morgan fingerprint density at radius 3 is 2.59 bits per heavy atom. The van der Waals surface area contributed by atoms with Crippen molar-refractivity contribution in [2.75, 3.05) is 37.7 Å². The number of nitrogens with zero attached hydrogens (tertiary/aromatic N) is 5. The minimum atomic E-state index is -2.75. The highest BCUT2D eigenvalue weighted by Gasteiger charge is 2.53. The topological polar surface area (TPSA) is 96.7 Å². The molecule has 180 valence electrons. The van der Waals surface area contributed by atoms with Gasteiger partial charge in [-0.1, -0.05) is 0 Å². The van der Waals surface area contributed by atoms with Gasteiger partial charge in [0.05, 0.1) is 38.2 Å². The number of nitrogens with one attached hydrogen (secondary N) is 1. The zero-order valence-corrected chi connectivity index (χ0v) is 18.7. The summed E-state index contributed by atoms with van der Waals surface area (Å²) in [4.78, 5) is 17.0. The van der Waals surface area contributed by atoms with Gasteiger partial charge in [-0.2, -0.15) is 0 Å². The molecule has 2 aromatic rings. The number of hydrogen-bond acceptors (Lipinski definition) is 8. The lowest BCUT2D eigenvalue weighted by Gasteiger charge is -2.39. The Morgan fingerprint density at radius 2 is 1.91 bits per heavy atom. The fourth-order valence-corrected chi connectivity index (χ4v) is 4.76. The van der Waals surface area contributed by atoms with Crippen molar-refractivity contribution in [3.63, 3.8) is 0 Å². The predicted octanol–water partition coefficient (Wildman–Crippen LogP) is 3.01. The van der Waals surface area contributed by atoms with Crippen LogP contribution in [0.4, 0.5) is 20.3 Å². The van der Waals surface area contributed by atoms with Crippen LogP contribution in [-0.4, -0.2) is 70.7 Å². The van der Waals surface area contributed by atoms with Crippen LogP contribution in [0.25, 0.3) is 0 Å². The summed E-state index contributed by atoms with van der Waals surface area (Å²) in [6.45, 7) is 1.20. The predicted molar refractivity (Wildman–Crippen MR) is 118 cm³/mol. The Morgan fingerprint density at radius 1 is 1.12 bits per heavy atom. The van der Waals surface area contributed by atoms with E-state index in [-0.39, 0.29) is 24.1 Å². The van der Waals surface area contributed by atoms with E-state index in [0.717, 1.165) is 49.3 Å². The maximum Gasteiger partial charge on any atom is 0.285 e. The van der Waals surface area contributed by atoms with Crippen LogP contribution >= 0.6 is 0 Å². The smallest absolute Gasteiger partial charge is 0.285 e. The molecule has 0 radical (unpaired) electrons. The van der Waals surface area contributed by atoms with E-state index in [0.29, 0.717) is 24.9 Å². The van der Waals surface area contributed by atoms with Crippen molar-refractivity contribution < 1.29 is 23.0 Å². The Kier molecular flexibility index (Phi) is 5.05. The van der Waals surface area contributed by atoms with Gasteiger partial charge < -0.3 is 24.0 Å². The van der Waals surface area contributed by atoms with Crippen LogP contribution in [0.3, 0.4) is 0 Å². The summed E-state index contributed by atoms with van der Waals surface area (Å²) in [5.41, 5.74) is 2.10. The van der Waals surface area contributed by atoms with Crippen LogP contribution in [0.1, 0.15) is 37.1 Å². The summed E-state index contributed by atoms with van der Waals surface area (Å²) >= 11 is 0. The first-order valence-electron chi connectivity index (χ1n) is 11.6. The second kappa shape index (κ2) is 8.00. The largest absolute Gasteiger partial charge is 0.474 e. The molecule has 2 aromatic heterocycles. The summed E-state index contributed by atoms with van der Waals surface area (Å²) in [7, 11) is 0. The molecule has 3 aliphatic heterocycles. The molecule has 11 heteroatoms. The van der Waals surface area contributed by atoms with Gasteiger partial charge in [-0.15, -0.1) is 0 Å². The number of halogens is 2. The van der Waals surface area contributed by atoms with Crippen molar-refractivity contribution >= 4 is 17.5 Å². The highest BCUT2D eigenvalue weighted by molar-refractivity contribution is 5.72. The normalized spacial score (nSPS) is 22.3. The SMILES string of the molecule is N=C(OCc1ncc2c(n1)N(c1ccc(OC3CCOCC3)nc1)CC21CC1)N1CC(F)(F)C1. The number of alkyl halides is 2. The van der Waals surface area contributed by atoms with Crippen LogP contribution in [0, 0.1) is 5.41 Å². The first-order chi connectivity index (χ1) is 16.4. The zero-order valence-electron chi connectivity index (χ0n) is 18.7. The molecule has 0 atom stereocenters. The van der Waals surface area contributed by atoms with Crippen LogP contribution < -0.4 is 9.64 Å². The summed E-state index contributed by atoms with van der Waals surface area (Å²) < 4.78 is 42.8. The average molecular weight is 472 g/mol. The van der Waals surface area contributed by atoms with Crippen molar-refractivity contribution in [3.05, 3.63) is 35.9 Å². The molecule has 0 aromatic carbocycles. The Hall–Kier alpha value is -3.08. The molecule has 2 saturated heterocycles. The minimum Gasteiger partial charge on any atom is -0.474 e. The third-order valence-corrected chi connectivity index (χ3v) is 6.92. The molecule has 1 saturated carbocycles. The standard InChI is InChI=1S/C23H26F2N6O3/c24-23(25)13-30(14-23)21(26)33-11-18-27-10-17-20(29-18)31(12-22(17)5-6-22)15-1-2-19(28-9-15)34-16-3-7-32-8-4-16/h1-2,9-10,16,26H,3-8,11-14H2. The lowest BCUT2D eigenvalue weighted by atomic mass is 10.0. The van der Waals surface area contributed by atoms with Crippen LogP contribution in [0.5, 0.6) is 5.88 Å². The second-order valence-electron chi connectivity index (χ2n) is 9.48. The molecule has 9 nitrogen and oxygen atoms in total. The van der Waals surface area contributed by atoms with E-state index in [1.54, 1.807) is 6.20 Å². The van der Waals surface area contributed by atoms with E-state index in [1.165, 1.54) is 4.90 Å². The van der Waals surface area contributed by atoms with Crippen LogP contribution in [0.2, 0.25) is 0 Å². The average Bonchev–Trinajstić information content (AvgIpc) is 3.54. The first kappa shape index (κ1) is 21.5. The summed E-state index contributed by atoms with van der Waals surface area (Å²) in [6.07, 6.45) is 7.67. The Bertz CT molecular complexity index is 1080. The van der Waals surface area contributed by atoms with Crippen molar-refractivity contribution in [2.45, 2.75) is 49.7 Å². The number of amidine groups is 1. The maximum atomic E-state index is 13.0. The molecule has 34 heavy (non-hydrogen) atoms. The van der Waals surface area contributed by atoms with Gasteiger partial charge in [0.15, 0.2) is 12.4 Å². The number of fused-ring (bicyclic) bond motifs is 2. The van der Waals surface area contributed by atoms with E-state index in [2.05, 4.69) is 14.9 Å². The van der Waals surface area contributed by atoms with Crippen molar-refractivity contribution in [1.29, 1.82) is 5.41 Å². The summed E-state index contributed by atoms with van der Waals surface area (Å²) in [6, 6.07) is 3.60. The molecule has 0 unspecified atom stereocenters. The van der Waals surface area contributed by atoms with E-state index >= 15 is 0 Å². The van der Waals surface area contributed by atoms with Crippen molar-refractivity contribution in [2.24, 2.45) is 0 Å². The van der Waals surface area contributed by atoms with Gasteiger partial charge in [0.2, 0.25) is 5.88 Å². The molecule has 3 fully saturated rings. The van der Waals surface area contributed by atoms with Crippen LogP contribution in [-0.2, 0) is 21.5 Å². The molecule has 0 amide bonds. The molecular weight excluding hydrogens is 446 g/mol. The third-order valence-electron chi connectivity index (χ3n) is 6.92. The maximum absolute atomic E-state index is 13.0. The van der Waals surface area contributed by atoms with Crippen LogP contribution in [0.15, 0.2) is 24.5 Å². The van der Waals surface area contributed by atoms with Gasteiger partial charge in [-0.25, -0.2) is 23.7 Å². The molecule has 1 N–H and O–H groups in total. The Balaban J connectivity index is 1.15. The van der Waals surface area contributed by atoms with Gasteiger partial charge in [0.1, 0.15) is 11.9 Å². The van der Waals surface area contributed by atoms with Gasteiger partial charge in [0, 0.05) is 42.6 Å². The number of anilines is 2. The number of likely N-dealkylation sites (tertiary alicyclic amines) is 1. The first-order valence-corrected chi connectivity index (χ1v) is 11.6. The summed E-state index contributed by atoms with van der Waals surface area (Å²) in [5, 5.41) is 7.86. The number of aromatic nitrogens is 3. The quantitative estimate of drug-likeness (QED) is 0.524. The Labute approximate surface area is 195 Å². The van der Waals surface area contributed by atoms with Crippen molar-refractivity contribution in [1.82, 2.24) is 19.9 Å². The number of rotatable bonds is 5. The fourth-order valence-electron chi connectivity index (χ4n) is 4.76. The lowest BCUT2D eigenvalue weighted by molar-refractivity contribution is -0.110. The number of ether oxygens (including phenoxy) is 3. The van der Waals surface area contributed by atoms with Gasteiger partial charge in [0.25, 0.3) is 11.9 Å². The highest BCUT2D eigenvalue weighted by Crippen LogP contribution is 2.57. The third kappa shape index (κ3) is 4.02. The van der Waals surface area contributed by atoms with E-state index < -0.39 is 19.0 Å². The molecular formula is C23H26F2N6O3. The monoisotopic (exact) mass is 472 g/mol. The second-order valence-corrected chi connectivity index (χ2v) is 9.48. The molecule has 4 aliphatic rings. The molecule has 5 heterocycles. The van der Waals surface area contributed by atoms with E-state index in [1.807, 2.05) is 18.3 Å². The minimum absolute atomic E-state index is 0.0504. The molecule has 1 aliphatic carbocycles. The fraction of sp³-hybridized carbons (Fsp3) is 0.565. The number of hydrogen-bond donors (Lipinski definition) is 1. The number of pyridine rings is 1. The summed E-state index contributed by atoms with van der Waals surface area (Å²) in [5.74, 6) is -0.930. The molecule has 1 spiro atoms. The molecule has 0 bridgehead atoms. The van der Waals surface area contributed by atoms with Gasteiger partial charge in [-0.05, 0) is 18.9 Å². The zero-order chi connectivity index (χ0) is 23.3. The highest BCUT2D eigenvalue weighted by atomic mass is 19.3. The lowest BCUT2D eigenvalue weighted by Crippen LogP contribution is -2.58. The van der Waals surface area contributed by atoms with Gasteiger partial charge in [-0.3, -0.25) is 5.41 Å². The van der Waals surface area contributed by atoms with Gasteiger partial charge >= 0.3 is 0 Å². The van der Waals surface area contributed by atoms with Crippen molar-refractivity contribution in [3.8, 4) is 5.88 Å².